The molecule has 0 bridgehead atoms. The number of hydrogen-bond acceptors (Lipinski definition) is 4. The lowest BCUT2D eigenvalue weighted by molar-refractivity contribution is 0.0746. The second kappa shape index (κ2) is 7.55. The van der Waals surface area contributed by atoms with E-state index in [9.17, 15) is 4.79 Å². The molecular formula is C23H27N3OS. The maximum Gasteiger partial charge on any atom is 0.254 e. The SMILES string of the molecule is Cc1ccc(C)c(C(=O)N2CCN(c3nc4c(C(C)C)cccc4s3)CC2)c1. The van der Waals surface area contributed by atoms with E-state index in [2.05, 4.69) is 43.0 Å². The molecule has 1 fully saturated rings. The monoisotopic (exact) mass is 393 g/mol. The zero-order chi connectivity index (χ0) is 19.8. The highest BCUT2D eigenvalue weighted by Gasteiger charge is 2.25. The molecule has 1 saturated heterocycles. The van der Waals surface area contributed by atoms with Crippen molar-refractivity contribution in [3.05, 3.63) is 58.7 Å². The Morgan fingerprint density at radius 3 is 2.54 bits per heavy atom. The molecule has 0 saturated carbocycles. The number of para-hydroxylation sites is 1. The normalized spacial score (nSPS) is 14.9. The van der Waals surface area contributed by atoms with E-state index in [1.54, 1.807) is 11.3 Å². The predicted octanol–water partition coefficient (Wildman–Crippen LogP) is 5.00. The molecule has 0 N–H and O–H groups in total. The molecule has 0 spiro atoms. The smallest absolute Gasteiger partial charge is 0.254 e. The van der Waals surface area contributed by atoms with Crippen molar-refractivity contribution in [2.24, 2.45) is 0 Å². The summed E-state index contributed by atoms with van der Waals surface area (Å²) in [7, 11) is 0. The summed E-state index contributed by atoms with van der Waals surface area (Å²) in [4.78, 5) is 22.2. The Hall–Kier alpha value is -2.40. The molecule has 146 valence electrons. The van der Waals surface area contributed by atoms with E-state index in [4.69, 9.17) is 4.98 Å². The van der Waals surface area contributed by atoms with E-state index >= 15 is 0 Å². The lowest BCUT2D eigenvalue weighted by Gasteiger charge is -2.34. The third kappa shape index (κ3) is 3.51. The number of amides is 1. The van der Waals surface area contributed by atoms with Crippen LogP contribution in [0.25, 0.3) is 10.2 Å². The lowest BCUT2D eigenvalue weighted by atomic mass is 10.0. The van der Waals surface area contributed by atoms with Crippen molar-refractivity contribution in [2.75, 3.05) is 31.1 Å². The van der Waals surface area contributed by atoms with Crippen LogP contribution in [0.2, 0.25) is 0 Å². The highest BCUT2D eigenvalue weighted by molar-refractivity contribution is 7.22. The van der Waals surface area contributed by atoms with Gasteiger partial charge in [0.15, 0.2) is 5.13 Å². The van der Waals surface area contributed by atoms with Gasteiger partial charge in [0.2, 0.25) is 0 Å². The molecule has 0 aliphatic carbocycles. The molecule has 0 atom stereocenters. The number of rotatable bonds is 3. The first-order valence-electron chi connectivity index (χ1n) is 9.95. The number of aromatic nitrogens is 1. The minimum Gasteiger partial charge on any atom is -0.345 e. The summed E-state index contributed by atoms with van der Waals surface area (Å²) in [5, 5.41) is 1.07. The van der Waals surface area contributed by atoms with Crippen molar-refractivity contribution in [2.45, 2.75) is 33.6 Å². The van der Waals surface area contributed by atoms with Gasteiger partial charge in [0.1, 0.15) is 0 Å². The van der Waals surface area contributed by atoms with Crippen molar-refractivity contribution in [1.82, 2.24) is 9.88 Å². The van der Waals surface area contributed by atoms with Crippen LogP contribution in [0, 0.1) is 13.8 Å². The summed E-state index contributed by atoms with van der Waals surface area (Å²) >= 11 is 1.76. The molecule has 1 aliphatic heterocycles. The predicted molar refractivity (Wildman–Crippen MR) is 118 cm³/mol. The molecule has 2 heterocycles. The summed E-state index contributed by atoms with van der Waals surface area (Å²) in [6.07, 6.45) is 0. The standard InChI is InChI=1S/C23H27N3OS/c1-15(2)18-6-5-7-20-21(18)24-23(28-20)26-12-10-25(11-13-26)22(27)19-14-16(3)8-9-17(19)4/h5-9,14-15H,10-13H2,1-4H3. The van der Waals surface area contributed by atoms with Gasteiger partial charge in [0.25, 0.3) is 5.91 Å². The van der Waals surface area contributed by atoms with Gasteiger partial charge in [-0.15, -0.1) is 0 Å². The van der Waals surface area contributed by atoms with Crippen LogP contribution in [0.1, 0.15) is 46.8 Å². The lowest BCUT2D eigenvalue weighted by Crippen LogP contribution is -2.48. The molecule has 1 aliphatic rings. The Morgan fingerprint density at radius 1 is 1.07 bits per heavy atom. The maximum absolute atomic E-state index is 13.0. The zero-order valence-electron chi connectivity index (χ0n) is 17.0. The summed E-state index contributed by atoms with van der Waals surface area (Å²) in [6.45, 7) is 11.6. The van der Waals surface area contributed by atoms with Crippen molar-refractivity contribution in [3.63, 3.8) is 0 Å². The molecule has 3 aromatic rings. The first kappa shape index (κ1) is 18.9. The zero-order valence-corrected chi connectivity index (χ0v) is 17.8. The second-order valence-corrected chi connectivity index (χ2v) is 8.95. The van der Waals surface area contributed by atoms with Crippen LogP contribution in [-0.2, 0) is 0 Å². The molecule has 2 aromatic carbocycles. The average molecular weight is 394 g/mol. The highest BCUT2D eigenvalue weighted by atomic mass is 32.1. The molecule has 1 aromatic heterocycles. The Labute approximate surface area is 170 Å². The third-order valence-electron chi connectivity index (χ3n) is 5.52. The van der Waals surface area contributed by atoms with Crippen molar-refractivity contribution in [3.8, 4) is 0 Å². The minimum atomic E-state index is 0.146. The van der Waals surface area contributed by atoms with Crippen LogP contribution in [0.5, 0.6) is 0 Å². The molecule has 1 amide bonds. The highest BCUT2D eigenvalue weighted by Crippen LogP contribution is 2.33. The van der Waals surface area contributed by atoms with Crippen molar-refractivity contribution >= 4 is 32.6 Å². The van der Waals surface area contributed by atoms with Gasteiger partial charge in [0, 0.05) is 31.7 Å². The fourth-order valence-electron chi connectivity index (χ4n) is 3.80. The summed E-state index contributed by atoms with van der Waals surface area (Å²) in [5.74, 6) is 0.609. The number of thiazole rings is 1. The van der Waals surface area contributed by atoms with Gasteiger partial charge in [-0.3, -0.25) is 4.79 Å². The Kier molecular flexibility index (Phi) is 5.11. The van der Waals surface area contributed by atoms with Crippen LogP contribution >= 0.6 is 11.3 Å². The van der Waals surface area contributed by atoms with Crippen LogP contribution in [-0.4, -0.2) is 42.0 Å². The van der Waals surface area contributed by atoms with E-state index in [1.165, 1.54) is 10.3 Å². The van der Waals surface area contributed by atoms with Gasteiger partial charge >= 0.3 is 0 Å². The van der Waals surface area contributed by atoms with Gasteiger partial charge in [-0.2, -0.15) is 0 Å². The van der Waals surface area contributed by atoms with Gasteiger partial charge in [0.05, 0.1) is 10.2 Å². The minimum absolute atomic E-state index is 0.146. The number of fused-ring (bicyclic) bond motifs is 1. The second-order valence-electron chi connectivity index (χ2n) is 7.94. The van der Waals surface area contributed by atoms with Gasteiger partial charge in [-0.05, 0) is 43.0 Å². The quantitative estimate of drug-likeness (QED) is 0.628. The number of carbonyl (C=O) groups is 1. The molecule has 5 heteroatoms. The van der Waals surface area contributed by atoms with Gasteiger partial charge in [-0.1, -0.05) is 55.0 Å². The van der Waals surface area contributed by atoms with Gasteiger partial charge in [-0.25, -0.2) is 4.98 Å². The largest absolute Gasteiger partial charge is 0.345 e. The number of carbonyl (C=O) groups excluding carboxylic acids is 1. The summed E-state index contributed by atoms with van der Waals surface area (Å²) in [6, 6.07) is 12.6. The topological polar surface area (TPSA) is 36.4 Å². The van der Waals surface area contributed by atoms with E-state index in [0.29, 0.717) is 5.92 Å². The van der Waals surface area contributed by atoms with E-state index < -0.39 is 0 Å². The fraction of sp³-hybridized carbons (Fsp3) is 0.391. The Morgan fingerprint density at radius 2 is 1.82 bits per heavy atom. The average Bonchev–Trinajstić information content (AvgIpc) is 3.13. The van der Waals surface area contributed by atoms with Crippen molar-refractivity contribution in [1.29, 1.82) is 0 Å². The summed E-state index contributed by atoms with van der Waals surface area (Å²) in [5.41, 5.74) is 5.44. The molecule has 28 heavy (non-hydrogen) atoms. The van der Waals surface area contributed by atoms with E-state index in [1.807, 2.05) is 30.9 Å². The number of hydrogen-bond donors (Lipinski definition) is 0. The third-order valence-corrected chi connectivity index (χ3v) is 6.60. The number of aryl methyl sites for hydroxylation is 2. The molecular weight excluding hydrogens is 366 g/mol. The van der Waals surface area contributed by atoms with E-state index in [0.717, 1.165) is 53.5 Å². The van der Waals surface area contributed by atoms with Crippen LogP contribution < -0.4 is 4.90 Å². The summed E-state index contributed by atoms with van der Waals surface area (Å²) < 4.78 is 1.25. The molecule has 4 rings (SSSR count). The molecule has 0 radical (unpaired) electrons. The van der Waals surface area contributed by atoms with Crippen LogP contribution in [0.15, 0.2) is 36.4 Å². The molecule has 4 nitrogen and oxygen atoms in total. The number of anilines is 1. The Bertz CT molecular complexity index is 1020. The van der Waals surface area contributed by atoms with Crippen LogP contribution in [0.4, 0.5) is 5.13 Å². The Balaban J connectivity index is 1.50. The first-order chi connectivity index (χ1) is 13.4. The number of benzene rings is 2. The number of nitrogens with zero attached hydrogens (tertiary/aromatic N) is 3. The van der Waals surface area contributed by atoms with Gasteiger partial charge < -0.3 is 9.80 Å². The fourth-order valence-corrected chi connectivity index (χ4v) is 4.85. The maximum atomic E-state index is 13.0. The van der Waals surface area contributed by atoms with Crippen LogP contribution in [0.3, 0.4) is 0 Å². The molecule has 0 unspecified atom stereocenters. The van der Waals surface area contributed by atoms with E-state index in [-0.39, 0.29) is 5.91 Å². The number of piperazine rings is 1. The van der Waals surface area contributed by atoms with Crippen molar-refractivity contribution < 1.29 is 4.79 Å². The first-order valence-corrected chi connectivity index (χ1v) is 10.8.